The maximum atomic E-state index is 12.8. The lowest BCUT2D eigenvalue weighted by Gasteiger charge is -2.14. The molecule has 0 amide bonds. The van der Waals surface area contributed by atoms with Crippen LogP contribution in [0.1, 0.15) is 11.7 Å². The number of hydrogen-bond donors (Lipinski definition) is 3. The topological polar surface area (TPSA) is 77.8 Å². The van der Waals surface area contributed by atoms with Crippen molar-refractivity contribution in [2.75, 3.05) is 0 Å². The summed E-state index contributed by atoms with van der Waals surface area (Å²) in [6, 6.07) is 3.49. The van der Waals surface area contributed by atoms with Gasteiger partial charge in [0.05, 0.1) is 4.47 Å². The van der Waals surface area contributed by atoms with Gasteiger partial charge in [0.2, 0.25) is 0 Å². The maximum Gasteiger partial charge on any atom is 0.335 e. The van der Waals surface area contributed by atoms with Crippen molar-refractivity contribution in [2.45, 2.75) is 12.2 Å². The summed E-state index contributed by atoms with van der Waals surface area (Å²) in [5, 5.41) is 26.9. The third-order valence-corrected chi connectivity index (χ3v) is 2.44. The van der Waals surface area contributed by atoms with Crippen LogP contribution in [0.3, 0.4) is 0 Å². The fourth-order valence-electron chi connectivity index (χ4n) is 1.01. The number of aliphatic hydroxyl groups is 2. The number of halogens is 2. The van der Waals surface area contributed by atoms with Gasteiger partial charge in [-0.05, 0) is 33.6 Å². The van der Waals surface area contributed by atoms with Crippen molar-refractivity contribution < 1.29 is 24.5 Å². The van der Waals surface area contributed by atoms with Crippen LogP contribution in [0.4, 0.5) is 4.39 Å². The van der Waals surface area contributed by atoms with Crippen LogP contribution in [-0.4, -0.2) is 27.4 Å². The Bertz CT molecular complexity index is 382. The summed E-state index contributed by atoms with van der Waals surface area (Å²) in [5.41, 5.74) is 0.123. The van der Waals surface area contributed by atoms with E-state index in [1.54, 1.807) is 0 Å². The number of hydrogen-bond acceptors (Lipinski definition) is 3. The molecule has 2 unspecified atom stereocenters. The molecule has 15 heavy (non-hydrogen) atoms. The van der Waals surface area contributed by atoms with Crippen molar-refractivity contribution in [3.63, 3.8) is 0 Å². The van der Waals surface area contributed by atoms with Gasteiger partial charge < -0.3 is 15.3 Å². The molecule has 0 saturated heterocycles. The van der Waals surface area contributed by atoms with Crippen molar-refractivity contribution in [1.29, 1.82) is 0 Å². The SMILES string of the molecule is O=C(O)C(O)C(O)c1ccc(F)c(Br)c1. The van der Waals surface area contributed by atoms with E-state index in [-0.39, 0.29) is 10.0 Å². The lowest BCUT2D eigenvalue weighted by molar-refractivity contribution is -0.153. The molecule has 4 nitrogen and oxygen atoms in total. The Morgan fingerprint density at radius 1 is 1.40 bits per heavy atom. The van der Waals surface area contributed by atoms with Crippen molar-refractivity contribution in [1.82, 2.24) is 0 Å². The zero-order valence-electron chi connectivity index (χ0n) is 7.39. The van der Waals surface area contributed by atoms with Crippen LogP contribution in [0.2, 0.25) is 0 Å². The van der Waals surface area contributed by atoms with E-state index in [0.717, 1.165) is 6.07 Å². The molecule has 0 spiro atoms. The third kappa shape index (κ3) is 2.74. The Hall–Kier alpha value is -0.980. The highest BCUT2D eigenvalue weighted by molar-refractivity contribution is 9.10. The number of carboxylic acids is 1. The second-order valence-corrected chi connectivity index (χ2v) is 3.76. The molecule has 3 N–H and O–H groups in total. The molecule has 0 fully saturated rings. The molecule has 6 heteroatoms. The Morgan fingerprint density at radius 2 is 2.00 bits per heavy atom. The van der Waals surface area contributed by atoms with E-state index in [4.69, 9.17) is 10.2 Å². The minimum absolute atomic E-state index is 0.0941. The van der Waals surface area contributed by atoms with E-state index in [9.17, 15) is 14.3 Å². The van der Waals surface area contributed by atoms with Gasteiger partial charge in [-0.25, -0.2) is 9.18 Å². The van der Waals surface area contributed by atoms with E-state index >= 15 is 0 Å². The Balaban J connectivity index is 2.96. The van der Waals surface area contributed by atoms with Gasteiger partial charge >= 0.3 is 5.97 Å². The molecular weight excluding hydrogens is 271 g/mol. The smallest absolute Gasteiger partial charge is 0.335 e. The fourth-order valence-corrected chi connectivity index (χ4v) is 1.41. The molecule has 0 saturated carbocycles. The van der Waals surface area contributed by atoms with E-state index in [0.29, 0.717) is 0 Å². The van der Waals surface area contributed by atoms with Crippen LogP contribution in [0.5, 0.6) is 0 Å². The van der Waals surface area contributed by atoms with E-state index in [1.807, 2.05) is 0 Å². The fraction of sp³-hybridized carbons (Fsp3) is 0.222. The second-order valence-electron chi connectivity index (χ2n) is 2.90. The zero-order chi connectivity index (χ0) is 11.6. The van der Waals surface area contributed by atoms with E-state index in [2.05, 4.69) is 15.9 Å². The van der Waals surface area contributed by atoms with Gasteiger partial charge in [0.15, 0.2) is 6.10 Å². The lowest BCUT2D eigenvalue weighted by Crippen LogP contribution is -2.27. The monoisotopic (exact) mass is 278 g/mol. The third-order valence-electron chi connectivity index (χ3n) is 1.84. The largest absolute Gasteiger partial charge is 0.479 e. The standard InChI is InChI=1S/C9H8BrFO4/c10-5-3-4(1-2-6(5)11)7(12)8(13)9(14)15/h1-3,7-8,12-13H,(H,14,15). The van der Waals surface area contributed by atoms with E-state index < -0.39 is 24.0 Å². The molecule has 0 aliphatic rings. The summed E-state index contributed by atoms with van der Waals surface area (Å²) in [5.74, 6) is -2.07. The molecule has 1 aromatic carbocycles. The second kappa shape index (κ2) is 4.69. The van der Waals surface area contributed by atoms with Crippen LogP contribution in [0.15, 0.2) is 22.7 Å². The molecule has 82 valence electrons. The van der Waals surface area contributed by atoms with Crippen LogP contribution in [0.25, 0.3) is 0 Å². The number of benzene rings is 1. The Labute approximate surface area is 93.1 Å². The number of aliphatic hydroxyl groups excluding tert-OH is 2. The first-order valence-electron chi connectivity index (χ1n) is 3.97. The van der Waals surface area contributed by atoms with Crippen LogP contribution in [-0.2, 0) is 4.79 Å². The highest BCUT2D eigenvalue weighted by atomic mass is 79.9. The average molecular weight is 279 g/mol. The van der Waals surface area contributed by atoms with Gasteiger partial charge in [-0.15, -0.1) is 0 Å². The molecule has 0 aliphatic heterocycles. The van der Waals surface area contributed by atoms with Crippen LogP contribution in [0, 0.1) is 5.82 Å². The number of carbonyl (C=O) groups is 1. The summed E-state index contributed by atoms with van der Waals surface area (Å²) < 4.78 is 12.9. The van der Waals surface area contributed by atoms with Gasteiger partial charge in [-0.2, -0.15) is 0 Å². The zero-order valence-corrected chi connectivity index (χ0v) is 8.98. The molecule has 0 radical (unpaired) electrons. The number of carboxylic acid groups (broad SMARTS) is 1. The highest BCUT2D eigenvalue weighted by Gasteiger charge is 2.25. The molecule has 1 rings (SSSR count). The average Bonchev–Trinajstić information content (AvgIpc) is 2.19. The summed E-state index contributed by atoms with van der Waals surface area (Å²) in [7, 11) is 0. The molecule has 1 aromatic rings. The van der Waals surface area contributed by atoms with Gasteiger partial charge in [0, 0.05) is 0 Å². The van der Waals surface area contributed by atoms with Crippen LogP contribution < -0.4 is 0 Å². The minimum atomic E-state index is -1.93. The lowest BCUT2D eigenvalue weighted by atomic mass is 10.0. The van der Waals surface area contributed by atoms with Gasteiger partial charge in [-0.1, -0.05) is 6.07 Å². The molecular formula is C9H8BrFO4. The quantitative estimate of drug-likeness (QED) is 0.773. The first-order chi connectivity index (χ1) is 6.93. The Kier molecular flexibility index (Phi) is 3.78. The van der Waals surface area contributed by atoms with Gasteiger partial charge in [0.1, 0.15) is 11.9 Å². The van der Waals surface area contributed by atoms with E-state index in [1.165, 1.54) is 12.1 Å². The normalized spacial score (nSPS) is 14.7. The Morgan fingerprint density at radius 3 is 2.47 bits per heavy atom. The molecule has 0 bridgehead atoms. The van der Waals surface area contributed by atoms with Gasteiger partial charge in [0.25, 0.3) is 0 Å². The van der Waals surface area contributed by atoms with Crippen LogP contribution >= 0.6 is 15.9 Å². The summed E-state index contributed by atoms with van der Waals surface area (Å²) >= 11 is 2.89. The number of aliphatic carboxylic acids is 1. The summed E-state index contributed by atoms with van der Waals surface area (Å²) in [6.07, 6.45) is -3.51. The maximum absolute atomic E-state index is 12.8. The van der Waals surface area contributed by atoms with Gasteiger partial charge in [-0.3, -0.25) is 0 Å². The predicted octanol–water partition coefficient (Wildman–Crippen LogP) is 1.07. The van der Waals surface area contributed by atoms with Crippen molar-refractivity contribution in [2.24, 2.45) is 0 Å². The minimum Gasteiger partial charge on any atom is -0.479 e. The predicted molar refractivity (Wildman–Crippen MR) is 52.7 cm³/mol. The molecule has 0 aliphatic carbocycles. The van der Waals surface area contributed by atoms with Crippen molar-refractivity contribution >= 4 is 21.9 Å². The van der Waals surface area contributed by atoms with Crippen molar-refractivity contribution in [3.8, 4) is 0 Å². The van der Waals surface area contributed by atoms with Crippen molar-refractivity contribution in [3.05, 3.63) is 34.1 Å². The molecule has 0 aromatic heterocycles. The molecule has 0 heterocycles. The number of rotatable bonds is 3. The summed E-state index contributed by atoms with van der Waals surface area (Å²) in [6.45, 7) is 0. The summed E-state index contributed by atoms with van der Waals surface area (Å²) in [4.78, 5) is 10.4. The molecule has 2 atom stereocenters. The first kappa shape index (κ1) is 12.1. The highest BCUT2D eigenvalue weighted by Crippen LogP contribution is 2.23. The first-order valence-corrected chi connectivity index (χ1v) is 4.76.